The first-order valence-electron chi connectivity index (χ1n) is 6.80. The molecule has 1 atom stereocenters. The average Bonchev–Trinajstić information content (AvgIpc) is 2.92. The number of rotatable bonds is 6. The molecule has 0 saturated carbocycles. The second kappa shape index (κ2) is 6.36. The molecular weight excluding hydrogens is 238 g/mol. The van der Waals surface area contributed by atoms with Crippen LogP contribution in [0, 0.1) is 0 Å². The molecule has 102 valence electrons. The zero-order valence-electron chi connectivity index (χ0n) is 11.8. The van der Waals surface area contributed by atoms with Crippen molar-refractivity contribution in [3.8, 4) is 5.75 Å². The fraction of sp³-hybridized carbons (Fsp3) is 0.467. The molecule has 0 fully saturated rings. The Bertz CT molecular complexity index is 522. The second-order valence-electron chi connectivity index (χ2n) is 4.62. The normalized spacial score (nSPS) is 12.4. The van der Waals surface area contributed by atoms with Crippen molar-refractivity contribution in [2.75, 3.05) is 7.11 Å². The van der Waals surface area contributed by atoms with Gasteiger partial charge in [-0.1, -0.05) is 30.3 Å². The number of aromatic nitrogens is 3. The van der Waals surface area contributed by atoms with Crippen LogP contribution in [0.25, 0.3) is 0 Å². The van der Waals surface area contributed by atoms with Gasteiger partial charge in [0.1, 0.15) is 5.75 Å². The molecule has 0 aliphatic heterocycles. The minimum absolute atomic E-state index is 0.415. The third-order valence-electron chi connectivity index (χ3n) is 3.44. The molecule has 0 aliphatic rings. The maximum absolute atomic E-state index is 5.45. The molecule has 0 spiro atoms. The molecule has 1 aromatic carbocycles. The minimum atomic E-state index is 0.415. The minimum Gasteiger partial charge on any atom is -0.496 e. The van der Waals surface area contributed by atoms with Crippen LogP contribution in [-0.4, -0.2) is 22.1 Å². The molecule has 4 heteroatoms. The summed E-state index contributed by atoms with van der Waals surface area (Å²) in [6.45, 7) is 5.12. The van der Waals surface area contributed by atoms with E-state index >= 15 is 0 Å². The van der Waals surface area contributed by atoms with E-state index in [1.165, 1.54) is 5.56 Å². The molecule has 1 heterocycles. The summed E-state index contributed by atoms with van der Waals surface area (Å²) in [5.74, 6) is 1.37. The van der Waals surface area contributed by atoms with Gasteiger partial charge in [0.05, 0.1) is 12.8 Å². The zero-order valence-corrected chi connectivity index (χ0v) is 11.8. The fourth-order valence-corrected chi connectivity index (χ4v) is 2.32. The second-order valence-corrected chi connectivity index (χ2v) is 4.62. The van der Waals surface area contributed by atoms with Crippen molar-refractivity contribution in [3.63, 3.8) is 0 Å². The Morgan fingerprint density at radius 2 is 2.05 bits per heavy atom. The van der Waals surface area contributed by atoms with Crippen LogP contribution in [0.5, 0.6) is 5.75 Å². The third-order valence-corrected chi connectivity index (χ3v) is 3.44. The maximum Gasteiger partial charge on any atom is 0.122 e. The number of para-hydroxylation sites is 1. The Balaban J connectivity index is 2.19. The average molecular weight is 259 g/mol. The summed E-state index contributed by atoms with van der Waals surface area (Å²) >= 11 is 0. The lowest BCUT2D eigenvalue weighted by atomic mass is 9.91. The third kappa shape index (κ3) is 3.13. The predicted molar refractivity (Wildman–Crippen MR) is 75.4 cm³/mol. The Hall–Kier alpha value is -1.84. The van der Waals surface area contributed by atoms with Gasteiger partial charge in [0.2, 0.25) is 0 Å². The number of methoxy groups -OCH3 is 1. The molecule has 0 saturated heterocycles. The van der Waals surface area contributed by atoms with Crippen molar-refractivity contribution < 1.29 is 4.74 Å². The van der Waals surface area contributed by atoms with E-state index in [4.69, 9.17) is 4.74 Å². The molecule has 2 rings (SSSR count). The molecule has 19 heavy (non-hydrogen) atoms. The Kier molecular flexibility index (Phi) is 4.55. The monoisotopic (exact) mass is 259 g/mol. The van der Waals surface area contributed by atoms with Crippen LogP contribution >= 0.6 is 0 Å². The lowest BCUT2D eigenvalue weighted by molar-refractivity contribution is 0.404. The highest BCUT2D eigenvalue weighted by Gasteiger charge is 2.16. The SMILES string of the molecule is CCC(Cc1cn(CC)nn1)c1ccccc1OC. The molecule has 1 aromatic heterocycles. The van der Waals surface area contributed by atoms with E-state index in [1.54, 1.807) is 7.11 Å². The van der Waals surface area contributed by atoms with Gasteiger partial charge in [-0.15, -0.1) is 5.10 Å². The number of nitrogens with zero attached hydrogens (tertiary/aromatic N) is 3. The fourth-order valence-electron chi connectivity index (χ4n) is 2.32. The van der Waals surface area contributed by atoms with E-state index in [2.05, 4.69) is 36.3 Å². The summed E-state index contributed by atoms with van der Waals surface area (Å²) in [4.78, 5) is 0. The lowest BCUT2D eigenvalue weighted by Crippen LogP contribution is -2.04. The van der Waals surface area contributed by atoms with E-state index in [9.17, 15) is 0 Å². The van der Waals surface area contributed by atoms with E-state index < -0.39 is 0 Å². The molecule has 0 aliphatic carbocycles. The van der Waals surface area contributed by atoms with Gasteiger partial charge >= 0.3 is 0 Å². The van der Waals surface area contributed by atoms with Crippen LogP contribution in [-0.2, 0) is 13.0 Å². The van der Waals surface area contributed by atoms with Gasteiger partial charge in [0, 0.05) is 19.2 Å². The van der Waals surface area contributed by atoms with Crippen LogP contribution in [0.3, 0.4) is 0 Å². The first-order valence-corrected chi connectivity index (χ1v) is 6.80. The molecular formula is C15H21N3O. The summed E-state index contributed by atoms with van der Waals surface area (Å²) in [7, 11) is 1.72. The lowest BCUT2D eigenvalue weighted by Gasteiger charge is -2.17. The van der Waals surface area contributed by atoms with Gasteiger partial charge in [0.25, 0.3) is 0 Å². The molecule has 0 N–H and O–H groups in total. The molecule has 4 nitrogen and oxygen atoms in total. The van der Waals surface area contributed by atoms with E-state index in [0.717, 1.165) is 30.8 Å². The van der Waals surface area contributed by atoms with Crippen molar-refractivity contribution in [2.24, 2.45) is 0 Å². The summed E-state index contributed by atoms with van der Waals surface area (Å²) < 4.78 is 7.32. The summed E-state index contributed by atoms with van der Waals surface area (Å²) in [5, 5.41) is 8.32. The number of ether oxygens (including phenoxy) is 1. The number of aryl methyl sites for hydroxylation is 1. The van der Waals surface area contributed by atoms with Crippen LogP contribution < -0.4 is 4.74 Å². The Morgan fingerprint density at radius 3 is 2.68 bits per heavy atom. The van der Waals surface area contributed by atoms with Gasteiger partial charge in [-0.3, -0.25) is 4.68 Å². The topological polar surface area (TPSA) is 39.9 Å². The Morgan fingerprint density at radius 1 is 1.26 bits per heavy atom. The van der Waals surface area contributed by atoms with Crippen molar-refractivity contribution in [1.29, 1.82) is 0 Å². The maximum atomic E-state index is 5.45. The number of hydrogen-bond acceptors (Lipinski definition) is 3. The quantitative estimate of drug-likeness (QED) is 0.800. The van der Waals surface area contributed by atoms with Gasteiger partial charge in [0.15, 0.2) is 0 Å². The van der Waals surface area contributed by atoms with Crippen LogP contribution in [0.15, 0.2) is 30.5 Å². The van der Waals surface area contributed by atoms with Crippen molar-refractivity contribution in [2.45, 2.75) is 39.2 Å². The first-order chi connectivity index (χ1) is 9.28. The summed E-state index contributed by atoms with van der Waals surface area (Å²) in [6.07, 6.45) is 3.98. The number of benzene rings is 1. The van der Waals surface area contributed by atoms with E-state index in [1.807, 2.05) is 23.0 Å². The molecule has 0 radical (unpaired) electrons. The van der Waals surface area contributed by atoms with Crippen LogP contribution in [0.1, 0.15) is 37.4 Å². The standard InChI is InChI=1S/C15H21N3O/c1-4-12(10-13-11-18(5-2)17-16-13)14-8-6-7-9-15(14)19-3/h6-9,11-12H,4-5,10H2,1-3H3. The predicted octanol–water partition coefficient (Wildman–Crippen LogP) is 3.04. The first kappa shape index (κ1) is 13.6. The van der Waals surface area contributed by atoms with E-state index in [-0.39, 0.29) is 0 Å². The van der Waals surface area contributed by atoms with Gasteiger partial charge in [-0.2, -0.15) is 0 Å². The Labute approximate surface area is 114 Å². The van der Waals surface area contributed by atoms with E-state index in [0.29, 0.717) is 5.92 Å². The van der Waals surface area contributed by atoms with Gasteiger partial charge in [-0.05, 0) is 30.9 Å². The molecule has 2 aromatic rings. The molecule has 1 unspecified atom stereocenters. The highest BCUT2D eigenvalue weighted by atomic mass is 16.5. The van der Waals surface area contributed by atoms with Gasteiger partial charge in [-0.25, -0.2) is 0 Å². The highest BCUT2D eigenvalue weighted by Crippen LogP contribution is 2.30. The zero-order chi connectivity index (χ0) is 13.7. The molecule has 0 bridgehead atoms. The largest absolute Gasteiger partial charge is 0.496 e. The van der Waals surface area contributed by atoms with Crippen LogP contribution in [0.4, 0.5) is 0 Å². The molecule has 0 amide bonds. The van der Waals surface area contributed by atoms with Crippen molar-refractivity contribution in [1.82, 2.24) is 15.0 Å². The summed E-state index contributed by atoms with van der Waals surface area (Å²) in [6, 6.07) is 8.21. The smallest absolute Gasteiger partial charge is 0.122 e. The highest BCUT2D eigenvalue weighted by molar-refractivity contribution is 5.36. The van der Waals surface area contributed by atoms with Crippen LogP contribution in [0.2, 0.25) is 0 Å². The summed E-state index contributed by atoms with van der Waals surface area (Å²) in [5.41, 5.74) is 2.29. The van der Waals surface area contributed by atoms with Gasteiger partial charge < -0.3 is 4.74 Å². The van der Waals surface area contributed by atoms with Crippen molar-refractivity contribution in [3.05, 3.63) is 41.7 Å². The number of hydrogen-bond donors (Lipinski definition) is 0. The van der Waals surface area contributed by atoms with Crippen molar-refractivity contribution >= 4 is 0 Å².